The van der Waals surface area contributed by atoms with E-state index in [1.165, 1.54) is 0 Å². The highest BCUT2D eigenvalue weighted by molar-refractivity contribution is 5.44. The molecule has 0 bridgehead atoms. The summed E-state index contributed by atoms with van der Waals surface area (Å²) < 4.78 is 7.65. The van der Waals surface area contributed by atoms with Gasteiger partial charge in [0.05, 0.1) is 5.69 Å². The first-order valence-electron chi connectivity index (χ1n) is 9.73. The van der Waals surface area contributed by atoms with Crippen molar-refractivity contribution in [3.8, 4) is 17.2 Å². The summed E-state index contributed by atoms with van der Waals surface area (Å²) >= 11 is 0. The van der Waals surface area contributed by atoms with E-state index in [-0.39, 0.29) is 0 Å². The summed E-state index contributed by atoms with van der Waals surface area (Å²) in [5.74, 6) is 3.70. The number of para-hydroxylation sites is 1. The Balaban J connectivity index is 1.34. The number of nitrogens with zero attached hydrogens (tertiary/aromatic N) is 6. The van der Waals surface area contributed by atoms with Crippen LogP contribution in [0.2, 0.25) is 0 Å². The first-order chi connectivity index (χ1) is 14.4. The fraction of sp³-hybridized carbons (Fsp3) is 0.238. The third-order valence-corrected chi connectivity index (χ3v) is 5.12. The minimum atomic E-state index is 0.352. The van der Waals surface area contributed by atoms with Crippen LogP contribution in [0.5, 0.6) is 11.5 Å². The van der Waals surface area contributed by atoms with E-state index in [2.05, 4.69) is 30.4 Å². The van der Waals surface area contributed by atoms with Crippen molar-refractivity contribution >= 4 is 5.95 Å². The third kappa shape index (κ3) is 3.69. The molecule has 0 aliphatic carbocycles. The lowest BCUT2D eigenvalue weighted by molar-refractivity contribution is 0.482. The lowest BCUT2D eigenvalue weighted by Crippen LogP contribution is -2.36. The molecule has 29 heavy (non-hydrogen) atoms. The van der Waals surface area contributed by atoms with Crippen LogP contribution in [0.1, 0.15) is 24.6 Å². The number of anilines is 1. The van der Waals surface area contributed by atoms with Crippen LogP contribution in [0, 0.1) is 0 Å². The minimum Gasteiger partial charge on any atom is -0.457 e. The molecule has 1 aliphatic rings. The molecule has 1 saturated heterocycles. The first kappa shape index (κ1) is 17.4. The molecule has 1 aliphatic heterocycles. The third-order valence-electron chi connectivity index (χ3n) is 5.12. The number of nitrogens with one attached hydrogen (secondary N) is 1. The Morgan fingerprint density at radius 3 is 2.62 bits per heavy atom. The number of hydrogen-bond donors (Lipinski definition) is 1. The topological polar surface area (TPSA) is 84.8 Å². The molecular formula is C21H21N7O. The molecule has 2 aromatic carbocycles. The van der Waals surface area contributed by atoms with Crippen molar-refractivity contribution in [2.75, 3.05) is 18.0 Å². The lowest BCUT2D eigenvalue weighted by Gasteiger charge is -2.31. The van der Waals surface area contributed by atoms with Gasteiger partial charge in [-0.05, 0) is 59.7 Å². The van der Waals surface area contributed by atoms with E-state index in [0.29, 0.717) is 5.92 Å². The summed E-state index contributed by atoms with van der Waals surface area (Å²) in [7, 11) is 0. The molecule has 0 unspecified atom stereocenters. The molecule has 1 fully saturated rings. The highest BCUT2D eigenvalue weighted by Crippen LogP contribution is 2.28. The number of hydrogen-bond acceptors (Lipinski definition) is 6. The van der Waals surface area contributed by atoms with Crippen LogP contribution < -0.4 is 9.64 Å². The monoisotopic (exact) mass is 387 g/mol. The number of tetrazole rings is 1. The van der Waals surface area contributed by atoms with Crippen LogP contribution in [-0.2, 0) is 0 Å². The second kappa shape index (κ2) is 7.75. The van der Waals surface area contributed by atoms with E-state index in [0.717, 1.165) is 54.9 Å². The summed E-state index contributed by atoms with van der Waals surface area (Å²) in [6.07, 6.45) is 5.86. The Morgan fingerprint density at radius 1 is 1.00 bits per heavy atom. The van der Waals surface area contributed by atoms with Crippen molar-refractivity contribution in [2.45, 2.75) is 18.8 Å². The van der Waals surface area contributed by atoms with Crippen molar-refractivity contribution < 1.29 is 4.74 Å². The van der Waals surface area contributed by atoms with Crippen molar-refractivity contribution in [3.63, 3.8) is 0 Å². The lowest BCUT2D eigenvalue weighted by atomic mass is 9.98. The molecule has 8 nitrogen and oxygen atoms in total. The van der Waals surface area contributed by atoms with Gasteiger partial charge in [0.2, 0.25) is 5.95 Å². The molecule has 146 valence electrons. The predicted molar refractivity (Wildman–Crippen MR) is 108 cm³/mol. The predicted octanol–water partition coefficient (Wildman–Crippen LogP) is 3.56. The van der Waals surface area contributed by atoms with Gasteiger partial charge in [0.1, 0.15) is 17.3 Å². The Labute approximate surface area is 168 Å². The fourth-order valence-electron chi connectivity index (χ4n) is 3.71. The Bertz CT molecular complexity index is 1040. The van der Waals surface area contributed by atoms with E-state index in [4.69, 9.17) is 4.74 Å². The molecule has 3 heterocycles. The van der Waals surface area contributed by atoms with Crippen LogP contribution in [0.15, 0.2) is 67.0 Å². The molecular weight excluding hydrogens is 366 g/mol. The molecule has 1 N–H and O–H groups in total. The average molecular weight is 387 g/mol. The van der Waals surface area contributed by atoms with Gasteiger partial charge in [0.15, 0.2) is 0 Å². The second-order valence-electron chi connectivity index (χ2n) is 7.06. The normalized spacial score (nSPS) is 16.7. The molecule has 1 atom stereocenters. The standard InChI is InChI=1S/C21H21N7O/c1-2-6-18(7-3-1)29-19-10-8-17(9-11-19)28-21(24-25-26-28)27-14-4-5-16(15-27)20-22-12-13-23-20/h1-3,6-13,16H,4-5,14-15H2,(H,22,23)/t16-/m1/s1. The van der Waals surface area contributed by atoms with Crippen LogP contribution in [0.4, 0.5) is 5.95 Å². The molecule has 5 rings (SSSR count). The SMILES string of the molecule is c1ccc(Oc2ccc(-n3nnnc3N3CCC[C@@H](c4ncc[nH]4)C3)cc2)cc1. The van der Waals surface area contributed by atoms with Crippen molar-refractivity contribution in [2.24, 2.45) is 0 Å². The Morgan fingerprint density at radius 2 is 1.83 bits per heavy atom. The van der Waals surface area contributed by atoms with E-state index in [9.17, 15) is 0 Å². The molecule has 0 amide bonds. The minimum absolute atomic E-state index is 0.352. The largest absolute Gasteiger partial charge is 0.457 e. The summed E-state index contributed by atoms with van der Waals surface area (Å²) in [6.45, 7) is 1.76. The Hall–Kier alpha value is -3.68. The van der Waals surface area contributed by atoms with Gasteiger partial charge in [-0.3, -0.25) is 0 Å². The number of imidazole rings is 1. The second-order valence-corrected chi connectivity index (χ2v) is 7.06. The zero-order chi connectivity index (χ0) is 19.5. The van der Waals surface area contributed by atoms with Crippen LogP contribution in [-0.4, -0.2) is 43.3 Å². The zero-order valence-electron chi connectivity index (χ0n) is 15.8. The quantitative estimate of drug-likeness (QED) is 0.564. The maximum Gasteiger partial charge on any atom is 0.250 e. The van der Waals surface area contributed by atoms with Gasteiger partial charge >= 0.3 is 0 Å². The number of benzene rings is 2. The number of H-pyrrole nitrogens is 1. The fourth-order valence-corrected chi connectivity index (χ4v) is 3.71. The molecule has 0 spiro atoms. The van der Waals surface area contributed by atoms with Gasteiger partial charge in [-0.25, -0.2) is 4.98 Å². The van der Waals surface area contributed by atoms with Gasteiger partial charge in [0, 0.05) is 31.4 Å². The highest BCUT2D eigenvalue weighted by atomic mass is 16.5. The number of ether oxygens (including phenoxy) is 1. The van der Waals surface area contributed by atoms with Crippen molar-refractivity contribution in [3.05, 3.63) is 72.8 Å². The first-order valence-corrected chi connectivity index (χ1v) is 9.73. The summed E-state index contributed by atoms with van der Waals surface area (Å²) in [5, 5.41) is 12.4. The summed E-state index contributed by atoms with van der Waals surface area (Å²) in [6, 6.07) is 17.5. The number of piperidine rings is 1. The smallest absolute Gasteiger partial charge is 0.250 e. The van der Waals surface area contributed by atoms with Crippen molar-refractivity contribution in [1.29, 1.82) is 0 Å². The molecule has 4 aromatic rings. The van der Waals surface area contributed by atoms with E-state index >= 15 is 0 Å². The maximum atomic E-state index is 5.87. The summed E-state index contributed by atoms with van der Waals surface area (Å²) in [5.41, 5.74) is 0.894. The molecule has 2 aromatic heterocycles. The number of aromatic nitrogens is 6. The van der Waals surface area contributed by atoms with Gasteiger partial charge in [-0.1, -0.05) is 23.3 Å². The Kier molecular flexibility index (Phi) is 4.65. The van der Waals surface area contributed by atoms with Gasteiger partial charge < -0.3 is 14.6 Å². The average Bonchev–Trinajstić information content (AvgIpc) is 3.48. The van der Waals surface area contributed by atoms with Gasteiger partial charge in [0.25, 0.3) is 0 Å². The van der Waals surface area contributed by atoms with Gasteiger partial charge in [-0.15, -0.1) is 0 Å². The number of aromatic amines is 1. The van der Waals surface area contributed by atoms with Crippen LogP contribution in [0.3, 0.4) is 0 Å². The van der Waals surface area contributed by atoms with Crippen LogP contribution >= 0.6 is 0 Å². The van der Waals surface area contributed by atoms with E-state index < -0.39 is 0 Å². The van der Waals surface area contributed by atoms with Crippen LogP contribution in [0.25, 0.3) is 5.69 Å². The maximum absolute atomic E-state index is 5.87. The highest BCUT2D eigenvalue weighted by Gasteiger charge is 2.26. The molecule has 0 saturated carbocycles. The van der Waals surface area contributed by atoms with E-state index in [1.54, 1.807) is 10.9 Å². The molecule has 8 heteroatoms. The molecule has 0 radical (unpaired) electrons. The summed E-state index contributed by atoms with van der Waals surface area (Å²) in [4.78, 5) is 9.89. The number of rotatable bonds is 5. The zero-order valence-corrected chi connectivity index (χ0v) is 15.8. The van der Waals surface area contributed by atoms with Gasteiger partial charge in [-0.2, -0.15) is 4.68 Å². The van der Waals surface area contributed by atoms with E-state index in [1.807, 2.05) is 60.8 Å². The van der Waals surface area contributed by atoms with Crippen molar-refractivity contribution in [1.82, 2.24) is 30.2 Å².